The third kappa shape index (κ3) is 0.475. The van der Waals surface area contributed by atoms with E-state index in [4.69, 9.17) is 0 Å². The van der Waals surface area contributed by atoms with Crippen LogP contribution in [0.4, 0.5) is 0 Å². The minimum Gasteiger partial charge on any atom is -0.361 e. The Morgan fingerprint density at radius 2 is 1.91 bits per heavy atom. The maximum Gasteiger partial charge on any atom is 0.0539 e. The van der Waals surface area contributed by atoms with Crippen LogP contribution in [0.15, 0.2) is 59.0 Å². The van der Waals surface area contributed by atoms with E-state index in [1.54, 1.807) is 0 Å². The van der Waals surface area contributed by atoms with Crippen molar-refractivity contribution in [3.63, 3.8) is 0 Å². The Kier molecular flexibility index (Phi) is 0.737. The molecule has 0 fully saturated rings. The summed E-state index contributed by atoms with van der Waals surface area (Å²) in [4.78, 5) is 0. The molecule has 0 spiro atoms. The Balaban J connectivity index is 2.27. The summed E-state index contributed by atoms with van der Waals surface area (Å²) in [6.07, 6.45) is 12.6. The van der Waals surface area contributed by atoms with E-state index < -0.39 is 0 Å². The van der Waals surface area contributed by atoms with E-state index in [1.807, 2.05) is 12.3 Å². The number of dihydropyridines is 1. The van der Waals surface area contributed by atoms with E-state index in [0.29, 0.717) is 0 Å². The number of fused-ring (bicyclic) bond motifs is 3. The maximum absolute atomic E-state index is 3.23. The van der Waals surface area contributed by atoms with E-state index in [1.165, 1.54) is 22.4 Å². The SMILES string of the molecule is C1=CNC2=C3C=CC=C3C2=C1. The smallest absolute Gasteiger partial charge is 0.0539 e. The molecule has 3 aliphatic rings. The first-order valence-corrected chi connectivity index (χ1v) is 3.74. The predicted molar refractivity (Wildman–Crippen MR) is 44.6 cm³/mol. The van der Waals surface area contributed by atoms with Crippen molar-refractivity contribution in [1.82, 2.24) is 5.32 Å². The van der Waals surface area contributed by atoms with Crippen molar-refractivity contribution < 1.29 is 0 Å². The lowest BCUT2D eigenvalue weighted by Crippen LogP contribution is -2.22. The topological polar surface area (TPSA) is 12.0 Å². The fourth-order valence-electron chi connectivity index (χ4n) is 1.69. The van der Waals surface area contributed by atoms with Crippen LogP contribution in [-0.4, -0.2) is 0 Å². The van der Waals surface area contributed by atoms with Crippen LogP contribution in [-0.2, 0) is 0 Å². The van der Waals surface area contributed by atoms with Gasteiger partial charge in [0.1, 0.15) is 0 Å². The van der Waals surface area contributed by atoms with Crippen molar-refractivity contribution >= 4 is 0 Å². The van der Waals surface area contributed by atoms with Gasteiger partial charge in [-0.3, -0.25) is 0 Å². The van der Waals surface area contributed by atoms with Gasteiger partial charge in [-0.1, -0.05) is 24.3 Å². The number of allylic oxidation sites excluding steroid dienone is 7. The molecule has 3 rings (SSSR count). The normalized spacial score (nSPS) is 23.3. The van der Waals surface area contributed by atoms with Gasteiger partial charge < -0.3 is 5.32 Å². The summed E-state index contributed by atoms with van der Waals surface area (Å²) >= 11 is 0. The van der Waals surface area contributed by atoms with Gasteiger partial charge in [0.25, 0.3) is 0 Å². The van der Waals surface area contributed by atoms with Crippen molar-refractivity contribution in [3.8, 4) is 0 Å². The predicted octanol–water partition coefficient (Wildman–Crippen LogP) is 1.79. The Labute approximate surface area is 65.1 Å². The average Bonchev–Trinajstić information content (AvgIpc) is 2.44. The molecule has 0 radical (unpaired) electrons. The zero-order valence-electron chi connectivity index (χ0n) is 5.96. The van der Waals surface area contributed by atoms with Gasteiger partial charge in [0, 0.05) is 17.3 Å². The number of nitrogens with one attached hydrogen (secondary N) is 1. The minimum absolute atomic E-state index is 1.28. The van der Waals surface area contributed by atoms with Gasteiger partial charge in [-0.2, -0.15) is 0 Å². The van der Waals surface area contributed by atoms with Gasteiger partial charge in [-0.25, -0.2) is 0 Å². The second-order valence-corrected chi connectivity index (χ2v) is 2.81. The monoisotopic (exact) mass is 141 g/mol. The van der Waals surface area contributed by atoms with E-state index in [-0.39, 0.29) is 0 Å². The van der Waals surface area contributed by atoms with Gasteiger partial charge in [0.05, 0.1) is 5.70 Å². The highest BCUT2D eigenvalue weighted by atomic mass is 14.9. The molecule has 0 aromatic heterocycles. The van der Waals surface area contributed by atoms with Crippen LogP contribution in [0.1, 0.15) is 0 Å². The Morgan fingerprint density at radius 1 is 1.00 bits per heavy atom. The van der Waals surface area contributed by atoms with Gasteiger partial charge in [0.2, 0.25) is 0 Å². The van der Waals surface area contributed by atoms with E-state index in [9.17, 15) is 0 Å². The van der Waals surface area contributed by atoms with Crippen LogP contribution < -0.4 is 5.32 Å². The molecular weight excluding hydrogens is 134 g/mol. The molecule has 0 aromatic carbocycles. The van der Waals surface area contributed by atoms with Crippen molar-refractivity contribution in [2.24, 2.45) is 0 Å². The summed E-state index contributed by atoms with van der Waals surface area (Å²) in [6, 6.07) is 0. The Bertz CT molecular complexity index is 376. The van der Waals surface area contributed by atoms with Crippen LogP contribution in [0.5, 0.6) is 0 Å². The van der Waals surface area contributed by atoms with Crippen LogP contribution in [0.3, 0.4) is 0 Å². The highest BCUT2D eigenvalue weighted by Gasteiger charge is 2.29. The zero-order chi connectivity index (χ0) is 7.26. The zero-order valence-corrected chi connectivity index (χ0v) is 5.96. The Morgan fingerprint density at radius 3 is 2.91 bits per heavy atom. The molecule has 0 aromatic rings. The summed E-state index contributed by atoms with van der Waals surface area (Å²) in [5.74, 6) is 0. The van der Waals surface area contributed by atoms with Crippen molar-refractivity contribution in [2.45, 2.75) is 0 Å². The summed E-state index contributed by atoms with van der Waals surface area (Å²) in [5, 5.41) is 3.23. The van der Waals surface area contributed by atoms with Gasteiger partial charge >= 0.3 is 0 Å². The number of rotatable bonds is 0. The molecule has 0 atom stereocenters. The third-order valence-electron chi connectivity index (χ3n) is 2.23. The lowest BCUT2D eigenvalue weighted by molar-refractivity contribution is 0.994. The van der Waals surface area contributed by atoms with E-state index in [2.05, 4.69) is 29.6 Å². The molecule has 11 heavy (non-hydrogen) atoms. The molecule has 0 amide bonds. The molecule has 0 saturated carbocycles. The number of hydrogen-bond acceptors (Lipinski definition) is 1. The first kappa shape index (κ1) is 5.19. The fraction of sp³-hybridized carbons (Fsp3) is 0. The minimum atomic E-state index is 1.28. The molecule has 1 heteroatoms. The fourth-order valence-corrected chi connectivity index (χ4v) is 1.69. The van der Waals surface area contributed by atoms with Gasteiger partial charge in [-0.15, -0.1) is 0 Å². The Hall–Kier alpha value is -1.50. The van der Waals surface area contributed by atoms with Crippen LogP contribution in [0.2, 0.25) is 0 Å². The molecule has 52 valence electrons. The molecule has 1 aliphatic heterocycles. The molecule has 0 unspecified atom stereocenters. The van der Waals surface area contributed by atoms with Gasteiger partial charge in [-0.05, 0) is 11.6 Å². The van der Waals surface area contributed by atoms with Crippen molar-refractivity contribution in [3.05, 3.63) is 59.0 Å². The molecule has 0 bridgehead atoms. The molecule has 1 heterocycles. The summed E-state index contributed by atoms with van der Waals surface area (Å²) in [6.45, 7) is 0. The average molecular weight is 141 g/mol. The second-order valence-electron chi connectivity index (χ2n) is 2.81. The lowest BCUT2D eigenvalue weighted by Gasteiger charge is -2.28. The van der Waals surface area contributed by atoms with Crippen LogP contribution in [0.25, 0.3) is 0 Å². The standard InChI is InChI=1S/C10H7N/c1-3-7-8(4-1)10-9(7)5-2-6-11-10/h1-6,11H. The molecule has 0 saturated heterocycles. The van der Waals surface area contributed by atoms with Gasteiger partial charge in [0.15, 0.2) is 0 Å². The maximum atomic E-state index is 3.23. The molecule has 1 N–H and O–H groups in total. The summed E-state index contributed by atoms with van der Waals surface area (Å²) in [5.41, 5.74) is 5.39. The van der Waals surface area contributed by atoms with Crippen molar-refractivity contribution in [2.75, 3.05) is 0 Å². The van der Waals surface area contributed by atoms with Crippen molar-refractivity contribution in [1.29, 1.82) is 0 Å². The van der Waals surface area contributed by atoms with E-state index >= 15 is 0 Å². The van der Waals surface area contributed by atoms with E-state index in [0.717, 1.165) is 0 Å². The first-order valence-electron chi connectivity index (χ1n) is 3.74. The quantitative estimate of drug-likeness (QED) is 0.542. The largest absolute Gasteiger partial charge is 0.361 e. The highest BCUT2D eigenvalue weighted by Crippen LogP contribution is 2.42. The molecule has 2 aliphatic carbocycles. The lowest BCUT2D eigenvalue weighted by atomic mass is 9.83. The molecular formula is C10H7N. The summed E-state index contributed by atoms with van der Waals surface area (Å²) < 4.78 is 0. The molecule has 1 nitrogen and oxygen atoms in total. The first-order chi connectivity index (χ1) is 5.47. The second kappa shape index (κ2) is 1.56. The van der Waals surface area contributed by atoms with Crippen LogP contribution >= 0.6 is 0 Å². The summed E-state index contributed by atoms with van der Waals surface area (Å²) in [7, 11) is 0. The third-order valence-corrected chi connectivity index (χ3v) is 2.23. The number of hydrogen-bond donors (Lipinski definition) is 1. The highest BCUT2D eigenvalue weighted by molar-refractivity contribution is 5.77. The van der Waals surface area contributed by atoms with Crippen LogP contribution in [0, 0.1) is 0 Å².